The predicted octanol–water partition coefficient (Wildman–Crippen LogP) is 0.881. The Kier molecular flexibility index (Phi) is 9.00. The average molecular weight is 259 g/mol. The van der Waals surface area contributed by atoms with Gasteiger partial charge in [-0.2, -0.15) is 0 Å². The van der Waals surface area contributed by atoms with E-state index in [4.69, 9.17) is 5.11 Å². The maximum Gasteiger partial charge on any atom is 0.326 e. The highest BCUT2D eigenvalue weighted by atomic mass is 16.4. The van der Waals surface area contributed by atoms with Crippen molar-refractivity contribution in [3.8, 4) is 0 Å². The van der Waals surface area contributed by atoms with Crippen LogP contribution in [0.4, 0.5) is 4.79 Å². The van der Waals surface area contributed by atoms with Crippen molar-refractivity contribution in [2.45, 2.75) is 39.7 Å². The van der Waals surface area contributed by atoms with Crippen LogP contribution in [-0.4, -0.2) is 54.2 Å². The van der Waals surface area contributed by atoms with E-state index in [1.54, 1.807) is 6.92 Å². The molecule has 0 aliphatic carbocycles. The summed E-state index contributed by atoms with van der Waals surface area (Å²) in [5.74, 6) is -1.00. The van der Waals surface area contributed by atoms with Gasteiger partial charge in [0, 0.05) is 6.54 Å². The van der Waals surface area contributed by atoms with Crippen LogP contribution in [0.25, 0.3) is 0 Å². The highest BCUT2D eigenvalue weighted by Gasteiger charge is 2.16. The Morgan fingerprint density at radius 2 is 1.83 bits per heavy atom. The molecule has 0 aromatic rings. The lowest BCUT2D eigenvalue weighted by Crippen LogP contribution is -2.46. The number of rotatable bonds is 9. The van der Waals surface area contributed by atoms with Crippen LogP contribution in [0, 0.1) is 0 Å². The molecule has 18 heavy (non-hydrogen) atoms. The van der Waals surface area contributed by atoms with E-state index in [0.717, 1.165) is 26.1 Å². The van der Waals surface area contributed by atoms with Crippen LogP contribution in [-0.2, 0) is 4.79 Å². The smallest absolute Gasteiger partial charge is 0.326 e. The summed E-state index contributed by atoms with van der Waals surface area (Å²) in [7, 11) is 0. The molecule has 0 bridgehead atoms. The van der Waals surface area contributed by atoms with Crippen molar-refractivity contribution in [1.82, 2.24) is 15.5 Å². The van der Waals surface area contributed by atoms with E-state index < -0.39 is 18.0 Å². The van der Waals surface area contributed by atoms with Crippen molar-refractivity contribution in [1.29, 1.82) is 0 Å². The number of carboxylic acid groups (broad SMARTS) is 1. The van der Waals surface area contributed by atoms with Crippen LogP contribution < -0.4 is 10.6 Å². The zero-order chi connectivity index (χ0) is 14.0. The van der Waals surface area contributed by atoms with Gasteiger partial charge < -0.3 is 20.6 Å². The SMILES string of the molecule is CC[C@@H](NC(=O)NCCCN(CC)CC)C(=O)O. The van der Waals surface area contributed by atoms with Gasteiger partial charge in [0.15, 0.2) is 0 Å². The molecule has 0 unspecified atom stereocenters. The molecule has 0 radical (unpaired) electrons. The fraction of sp³-hybridized carbons (Fsp3) is 0.833. The Bertz CT molecular complexity index is 255. The molecule has 2 amide bonds. The Morgan fingerprint density at radius 1 is 1.22 bits per heavy atom. The lowest BCUT2D eigenvalue weighted by Gasteiger charge is -2.18. The van der Waals surface area contributed by atoms with Gasteiger partial charge in [0.05, 0.1) is 0 Å². The molecular formula is C12H25N3O3. The number of carboxylic acids is 1. The number of nitrogens with one attached hydrogen (secondary N) is 2. The molecule has 0 fully saturated rings. The highest BCUT2D eigenvalue weighted by molar-refractivity contribution is 5.82. The van der Waals surface area contributed by atoms with Crippen molar-refractivity contribution in [3.63, 3.8) is 0 Å². The molecule has 1 atom stereocenters. The standard InChI is InChI=1S/C12H25N3O3/c1-4-10(11(16)17)14-12(18)13-8-7-9-15(5-2)6-3/h10H,4-9H2,1-3H3,(H,16,17)(H2,13,14,18)/t10-/m1/s1. The minimum Gasteiger partial charge on any atom is -0.480 e. The van der Waals surface area contributed by atoms with E-state index in [0.29, 0.717) is 13.0 Å². The van der Waals surface area contributed by atoms with E-state index in [1.165, 1.54) is 0 Å². The first-order chi connectivity index (χ1) is 8.54. The second-order valence-corrected chi connectivity index (χ2v) is 4.08. The summed E-state index contributed by atoms with van der Waals surface area (Å²) in [6.45, 7) is 9.41. The molecule has 0 saturated carbocycles. The van der Waals surface area contributed by atoms with E-state index >= 15 is 0 Å². The highest BCUT2D eigenvalue weighted by Crippen LogP contribution is 1.91. The van der Waals surface area contributed by atoms with E-state index in [2.05, 4.69) is 29.4 Å². The zero-order valence-electron chi connectivity index (χ0n) is 11.5. The van der Waals surface area contributed by atoms with Gasteiger partial charge >= 0.3 is 12.0 Å². The van der Waals surface area contributed by atoms with E-state index in [9.17, 15) is 9.59 Å². The quantitative estimate of drug-likeness (QED) is 0.537. The molecule has 0 aliphatic heterocycles. The molecule has 6 heteroatoms. The molecule has 3 N–H and O–H groups in total. The summed E-state index contributed by atoms with van der Waals surface area (Å²) < 4.78 is 0. The number of carbonyl (C=O) groups is 2. The number of carbonyl (C=O) groups excluding carboxylic acids is 1. The lowest BCUT2D eigenvalue weighted by atomic mass is 10.2. The van der Waals surface area contributed by atoms with Gasteiger partial charge in [-0.05, 0) is 32.5 Å². The van der Waals surface area contributed by atoms with Gasteiger partial charge in [0.1, 0.15) is 6.04 Å². The third-order valence-electron chi connectivity index (χ3n) is 2.84. The number of hydrogen-bond acceptors (Lipinski definition) is 3. The van der Waals surface area contributed by atoms with Crippen molar-refractivity contribution in [3.05, 3.63) is 0 Å². The Morgan fingerprint density at radius 3 is 2.28 bits per heavy atom. The molecule has 0 rings (SSSR count). The number of hydrogen-bond donors (Lipinski definition) is 3. The second kappa shape index (κ2) is 9.70. The summed E-state index contributed by atoms with van der Waals surface area (Å²) in [5, 5.41) is 13.9. The molecule has 0 aromatic carbocycles. The molecular weight excluding hydrogens is 234 g/mol. The first-order valence-corrected chi connectivity index (χ1v) is 6.54. The van der Waals surface area contributed by atoms with Gasteiger partial charge in [-0.25, -0.2) is 9.59 Å². The van der Waals surface area contributed by atoms with E-state index in [-0.39, 0.29) is 0 Å². The van der Waals surface area contributed by atoms with Gasteiger partial charge in [-0.3, -0.25) is 0 Å². The Hall–Kier alpha value is -1.30. The molecule has 0 aromatic heterocycles. The largest absolute Gasteiger partial charge is 0.480 e. The fourth-order valence-corrected chi connectivity index (χ4v) is 1.59. The zero-order valence-corrected chi connectivity index (χ0v) is 11.5. The first-order valence-electron chi connectivity index (χ1n) is 6.54. The lowest BCUT2D eigenvalue weighted by molar-refractivity contribution is -0.139. The molecule has 6 nitrogen and oxygen atoms in total. The van der Waals surface area contributed by atoms with Gasteiger partial charge in [-0.1, -0.05) is 20.8 Å². The third-order valence-corrected chi connectivity index (χ3v) is 2.84. The summed E-state index contributed by atoms with van der Waals surface area (Å²) in [5.41, 5.74) is 0. The minimum atomic E-state index is -1.00. The average Bonchev–Trinajstić information content (AvgIpc) is 2.35. The third kappa shape index (κ3) is 7.11. The van der Waals surface area contributed by atoms with Crippen LogP contribution in [0.15, 0.2) is 0 Å². The van der Waals surface area contributed by atoms with Crippen LogP contribution in [0.1, 0.15) is 33.6 Å². The summed E-state index contributed by atoms with van der Waals surface area (Å²) >= 11 is 0. The second-order valence-electron chi connectivity index (χ2n) is 4.08. The van der Waals surface area contributed by atoms with Gasteiger partial charge in [0.2, 0.25) is 0 Å². The fourth-order valence-electron chi connectivity index (χ4n) is 1.59. The molecule has 0 spiro atoms. The number of urea groups is 1. The summed E-state index contributed by atoms with van der Waals surface area (Å²) in [4.78, 5) is 24.4. The van der Waals surface area contributed by atoms with Gasteiger partial charge in [0.25, 0.3) is 0 Å². The van der Waals surface area contributed by atoms with Crippen molar-refractivity contribution in [2.24, 2.45) is 0 Å². The molecule has 0 aliphatic rings. The Labute approximate surface area is 109 Å². The van der Waals surface area contributed by atoms with Crippen molar-refractivity contribution >= 4 is 12.0 Å². The maximum absolute atomic E-state index is 11.4. The normalized spacial score (nSPS) is 12.2. The number of nitrogens with zero attached hydrogens (tertiary/aromatic N) is 1. The topological polar surface area (TPSA) is 81.7 Å². The van der Waals surface area contributed by atoms with Crippen LogP contribution in [0.2, 0.25) is 0 Å². The molecule has 0 saturated heterocycles. The van der Waals surface area contributed by atoms with E-state index in [1.807, 2.05) is 0 Å². The number of aliphatic carboxylic acids is 1. The molecule has 0 heterocycles. The minimum absolute atomic E-state index is 0.377. The maximum atomic E-state index is 11.4. The van der Waals surface area contributed by atoms with Crippen LogP contribution in [0.3, 0.4) is 0 Å². The van der Waals surface area contributed by atoms with Crippen molar-refractivity contribution < 1.29 is 14.7 Å². The molecule has 106 valence electrons. The Balaban J connectivity index is 3.74. The number of amides is 2. The van der Waals surface area contributed by atoms with Crippen molar-refractivity contribution in [2.75, 3.05) is 26.2 Å². The van der Waals surface area contributed by atoms with Crippen LogP contribution >= 0.6 is 0 Å². The summed E-state index contributed by atoms with van der Waals surface area (Å²) in [6.07, 6.45) is 1.24. The summed E-state index contributed by atoms with van der Waals surface area (Å²) in [6, 6.07) is -1.23. The van der Waals surface area contributed by atoms with Crippen LogP contribution in [0.5, 0.6) is 0 Å². The monoisotopic (exact) mass is 259 g/mol. The van der Waals surface area contributed by atoms with Gasteiger partial charge in [-0.15, -0.1) is 0 Å². The first kappa shape index (κ1) is 16.7. The predicted molar refractivity (Wildman–Crippen MR) is 70.7 cm³/mol.